The molecule has 0 unspecified atom stereocenters. The number of halogens is 1. The zero-order chi connectivity index (χ0) is 18.4. The topological polar surface area (TPSA) is 56.1 Å². The highest BCUT2D eigenvalue weighted by molar-refractivity contribution is 5.79. The Kier molecular flexibility index (Phi) is 5.76. The number of hydrogen-bond donors (Lipinski definition) is 1. The van der Waals surface area contributed by atoms with Crippen LogP contribution in [0.25, 0.3) is 5.69 Å². The number of ether oxygens (including phenoxy) is 1. The summed E-state index contributed by atoms with van der Waals surface area (Å²) >= 11 is 0. The molecule has 0 spiro atoms. The average Bonchev–Trinajstić information content (AvgIpc) is 3.19. The van der Waals surface area contributed by atoms with Crippen LogP contribution in [-0.4, -0.2) is 36.3 Å². The Morgan fingerprint density at radius 3 is 2.73 bits per heavy atom. The van der Waals surface area contributed by atoms with Crippen LogP contribution in [0.5, 0.6) is 5.75 Å². The average molecular weight is 353 g/mol. The fourth-order valence-corrected chi connectivity index (χ4v) is 2.64. The maximum atomic E-state index is 14.4. The van der Waals surface area contributed by atoms with E-state index in [4.69, 9.17) is 4.74 Å². The molecule has 3 aromatic rings. The number of carbonyl (C=O) groups is 1. The van der Waals surface area contributed by atoms with Crippen LogP contribution in [-0.2, 0) is 6.42 Å². The molecular weight excluding hydrogens is 333 g/mol. The lowest BCUT2D eigenvalue weighted by Gasteiger charge is -2.11. The molecule has 0 atom stereocenters. The number of likely N-dealkylation sites (N-methyl/N-ethyl adjacent to an activating group) is 1. The van der Waals surface area contributed by atoms with Crippen LogP contribution >= 0.6 is 0 Å². The van der Waals surface area contributed by atoms with Crippen molar-refractivity contribution in [1.29, 1.82) is 0 Å². The van der Waals surface area contributed by atoms with Crippen molar-refractivity contribution in [2.45, 2.75) is 6.42 Å². The Morgan fingerprint density at radius 1 is 1.27 bits per heavy atom. The summed E-state index contributed by atoms with van der Waals surface area (Å²) in [4.78, 5) is 11.3. The number of aldehydes is 1. The highest BCUT2D eigenvalue weighted by Gasteiger charge is 2.11. The molecule has 1 heterocycles. The van der Waals surface area contributed by atoms with Gasteiger partial charge in [-0.25, -0.2) is 9.07 Å². The second-order valence-electron chi connectivity index (χ2n) is 5.85. The summed E-state index contributed by atoms with van der Waals surface area (Å²) in [5.41, 5.74) is 2.69. The molecule has 134 valence electrons. The molecule has 0 amide bonds. The van der Waals surface area contributed by atoms with Gasteiger partial charge in [0, 0.05) is 31.4 Å². The van der Waals surface area contributed by atoms with Gasteiger partial charge in [0.05, 0.1) is 11.3 Å². The van der Waals surface area contributed by atoms with Crippen LogP contribution in [0.3, 0.4) is 0 Å². The molecule has 5 nitrogen and oxygen atoms in total. The van der Waals surface area contributed by atoms with E-state index in [1.807, 2.05) is 36.5 Å². The monoisotopic (exact) mass is 353 g/mol. The summed E-state index contributed by atoms with van der Waals surface area (Å²) in [5, 5.41) is 7.11. The second-order valence-corrected chi connectivity index (χ2v) is 5.85. The van der Waals surface area contributed by atoms with Crippen molar-refractivity contribution in [3.8, 4) is 11.4 Å². The van der Waals surface area contributed by atoms with E-state index >= 15 is 0 Å². The predicted molar refractivity (Wildman–Crippen MR) is 97.6 cm³/mol. The van der Waals surface area contributed by atoms with Gasteiger partial charge in [0.15, 0.2) is 6.29 Å². The Hall–Kier alpha value is -2.99. The molecule has 2 aromatic carbocycles. The number of nitrogens with zero attached hydrogens (tertiary/aromatic N) is 2. The summed E-state index contributed by atoms with van der Waals surface area (Å²) < 4.78 is 21.7. The Balaban J connectivity index is 1.77. The second kappa shape index (κ2) is 8.40. The number of carbonyl (C=O) groups excluding carboxylic acids is 1. The van der Waals surface area contributed by atoms with E-state index in [1.165, 1.54) is 6.07 Å². The van der Waals surface area contributed by atoms with E-state index in [9.17, 15) is 9.18 Å². The lowest BCUT2D eigenvalue weighted by molar-refractivity contribution is 0.111. The first kappa shape index (κ1) is 17.8. The van der Waals surface area contributed by atoms with Crippen molar-refractivity contribution >= 4 is 6.29 Å². The van der Waals surface area contributed by atoms with Crippen molar-refractivity contribution in [1.82, 2.24) is 15.1 Å². The van der Waals surface area contributed by atoms with Crippen LogP contribution in [0.2, 0.25) is 0 Å². The minimum Gasteiger partial charge on any atom is -0.491 e. The molecule has 0 fully saturated rings. The number of rotatable bonds is 8. The lowest BCUT2D eigenvalue weighted by atomic mass is 10.0. The molecule has 1 N–H and O–H groups in total. The molecule has 26 heavy (non-hydrogen) atoms. The van der Waals surface area contributed by atoms with Gasteiger partial charge in [-0.2, -0.15) is 5.10 Å². The van der Waals surface area contributed by atoms with Crippen LogP contribution in [0.4, 0.5) is 4.39 Å². The van der Waals surface area contributed by atoms with Gasteiger partial charge >= 0.3 is 0 Å². The largest absolute Gasteiger partial charge is 0.491 e. The maximum Gasteiger partial charge on any atom is 0.153 e. The summed E-state index contributed by atoms with van der Waals surface area (Å²) in [6, 6.07) is 12.4. The van der Waals surface area contributed by atoms with Gasteiger partial charge in [0.2, 0.25) is 0 Å². The van der Waals surface area contributed by atoms with Crippen LogP contribution in [0.1, 0.15) is 21.5 Å². The predicted octanol–water partition coefficient (Wildman–Crippen LogP) is 3.01. The lowest BCUT2D eigenvalue weighted by Crippen LogP contribution is -2.16. The Morgan fingerprint density at radius 2 is 2.08 bits per heavy atom. The van der Waals surface area contributed by atoms with Gasteiger partial charge in [0.1, 0.15) is 18.2 Å². The highest BCUT2D eigenvalue weighted by atomic mass is 19.1. The van der Waals surface area contributed by atoms with Crippen LogP contribution in [0.15, 0.2) is 54.9 Å². The standard InChI is InChI=1S/C20H20FN3O2/c1-22-8-10-26-20-13-19(21)16(12-17(20)14-25)11-15-3-5-18(6-4-15)24-9-2-7-23-24/h2-7,9,12-14,22H,8,10-11H2,1H3. The fraction of sp³-hybridized carbons (Fsp3) is 0.200. The molecule has 6 heteroatoms. The third-order valence-corrected chi connectivity index (χ3v) is 4.02. The summed E-state index contributed by atoms with van der Waals surface area (Å²) in [5.74, 6) is -0.114. The maximum absolute atomic E-state index is 14.4. The third-order valence-electron chi connectivity index (χ3n) is 4.02. The first-order valence-corrected chi connectivity index (χ1v) is 8.35. The van der Waals surface area contributed by atoms with E-state index in [0.717, 1.165) is 11.3 Å². The molecule has 1 aromatic heterocycles. The quantitative estimate of drug-likeness (QED) is 0.500. The third kappa shape index (κ3) is 4.15. The van der Waals surface area contributed by atoms with E-state index in [0.29, 0.717) is 37.0 Å². The normalized spacial score (nSPS) is 10.7. The van der Waals surface area contributed by atoms with Crippen molar-refractivity contribution in [2.75, 3.05) is 20.2 Å². The molecule has 0 aliphatic rings. The van der Waals surface area contributed by atoms with Crippen LogP contribution in [0, 0.1) is 5.82 Å². The molecule has 0 aliphatic heterocycles. The van der Waals surface area contributed by atoms with Crippen molar-refractivity contribution < 1.29 is 13.9 Å². The smallest absolute Gasteiger partial charge is 0.153 e. The van der Waals surface area contributed by atoms with E-state index in [-0.39, 0.29) is 11.6 Å². The number of benzene rings is 2. The summed E-state index contributed by atoms with van der Waals surface area (Å²) in [6.45, 7) is 0.981. The zero-order valence-corrected chi connectivity index (χ0v) is 14.5. The molecule has 0 aliphatic carbocycles. The first-order valence-electron chi connectivity index (χ1n) is 8.35. The van der Waals surface area contributed by atoms with Gasteiger partial charge in [-0.15, -0.1) is 0 Å². The molecule has 0 bridgehead atoms. The van der Waals surface area contributed by atoms with Gasteiger partial charge in [-0.1, -0.05) is 12.1 Å². The fourth-order valence-electron chi connectivity index (χ4n) is 2.64. The number of nitrogens with one attached hydrogen (secondary N) is 1. The Bertz CT molecular complexity index is 862. The molecular formula is C20H20FN3O2. The summed E-state index contributed by atoms with van der Waals surface area (Å²) in [6.07, 6.45) is 4.66. The zero-order valence-electron chi connectivity index (χ0n) is 14.5. The molecule has 0 saturated heterocycles. The number of hydrogen-bond acceptors (Lipinski definition) is 4. The highest BCUT2D eigenvalue weighted by Crippen LogP contribution is 2.24. The Labute approximate surface area is 151 Å². The van der Waals surface area contributed by atoms with Gasteiger partial charge < -0.3 is 10.1 Å². The van der Waals surface area contributed by atoms with E-state index < -0.39 is 0 Å². The van der Waals surface area contributed by atoms with Gasteiger partial charge in [-0.3, -0.25) is 4.79 Å². The molecule has 0 saturated carbocycles. The van der Waals surface area contributed by atoms with Crippen molar-refractivity contribution in [2.24, 2.45) is 0 Å². The van der Waals surface area contributed by atoms with E-state index in [2.05, 4.69) is 10.4 Å². The minimum atomic E-state index is -0.383. The van der Waals surface area contributed by atoms with Gasteiger partial charge in [-0.05, 0) is 42.4 Å². The first-order chi connectivity index (χ1) is 12.7. The van der Waals surface area contributed by atoms with Crippen LogP contribution < -0.4 is 10.1 Å². The van der Waals surface area contributed by atoms with Crippen molar-refractivity contribution in [3.05, 3.63) is 77.4 Å². The molecule has 3 rings (SSSR count). The minimum absolute atomic E-state index is 0.269. The van der Waals surface area contributed by atoms with E-state index in [1.54, 1.807) is 24.0 Å². The summed E-state index contributed by atoms with van der Waals surface area (Å²) in [7, 11) is 1.80. The number of aromatic nitrogens is 2. The SMILES string of the molecule is CNCCOc1cc(F)c(Cc2ccc(-n3cccn3)cc2)cc1C=O. The molecule has 0 radical (unpaired) electrons. The van der Waals surface area contributed by atoms with Crippen molar-refractivity contribution in [3.63, 3.8) is 0 Å². The van der Waals surface area contributed by atoms with Gasteiger partial charge in [0.25, 0.3) is 0 Å².